The topological polar surface area (TPSA) is 87.7 Å². The lowest BCUT2D eigenvalue weighted by atomic mass is 9.95. The van der Waals surface area contributed by atoms with Gasteiger partial charge in [-0.3, -0.25) is 4.79 Å². The van der Waals surface area contributed by atoms with E-state index in [0.29, 0.717) is 43.2 Å². The first-order valence-electron chi connectivity index (χ1n) is 10.1. The quantitative estimate of drug-likeness (QED) is 0.777. The molecular formula is C21H29N3O4. The summed E-state index contributed by atoms with van der Waals surface area (Å²) in [5.74, 6) is -0.650. The summed E-state index contributed by atoms with van der Waals surface area (Å²) < 4.78 is 4.71. The number of hydrogen-bond donors (Lipinski definition) is 2. The molecule has 0 aromatic heterocycles. The SMILES string of the molecule is COC(=O)c1cccc(NC(=O)C2CCN(C(=O)NC3CCCCC3)CC2)c1. The summed E-state index contributed by atoms with van der Waals surface area (Å²) in [5.41, 5.74) is 0.972. The lowest BCUT2D eigenvalue weighted by Gasteiger charge is -2.33. The Kier molecular flexibility index (Phi) is 6.90. The summed E-state index contributed by atoms with van der Waals surface area (Å²) in [4.78, 5) is 38.4. The maximum atomic E-state index is 12.6. The Balaban J connectivity index is 1.47. The van der Waals surface area contributed by atoms with Crippen LogP contribution in [-0.2, 0) is 9.53 Å². The van der Waals surface area contributed by atoms with Gasteiger partial charge in [-0.05, 0) is 43.9 Å². The first kappa shape index (κ1) is 20.2. The minimum atomic E-state index is -0.437. The number of carbonyl (C=O) groups is 3. The van der Waals surface area contributed by atoms with Crippen LogP contribution >= 0.6 is 0 Å². The highest BCUT2D eigenvalue weighted by atomic mass is 16.5. The summed E-state index contributed by atoms with van der Waals surface area (Å²) in [6.45, 7) is 1.16. The maximum absolute atomic E-state index is 12.6. The first-order chi connectivity index (χ1) is 13.6. The van der Waals surface area contributed by atoms with E-state index in [4.69, 9.17) is 4.74 Å². The molecule has 28 heavy (non-hydrogen) atoms. The molecule has 3 amide bonds. The highest BCUT2D eigenvalue weighted by Crippen LogP contribution is 2.22. The third kappa shape index (κ3) is 5.24. The average Bonchev–Trinajstić information content (AvgIpc) is 2.74. The number of nitrogens with zero attached hydrogens (tertiary/aromatic N) is 1. The van der Waals surface area contributed by atoms with E-state index in [0.717, 1.165) is 12.8 Å². The molecule has 2 N–H and O–H groups in total. The third-order valence-corrected chi connectivity index (χ3v) is 5.64. The number of nitrogens with one attached hydrogen (secondary N) is 2. The van der Waals surface area contributed by atoms with Crippen molar-refractivity contribution >= 4 is 23.6 Å². The number of carbonyl (C=O) groups excluding carboxylic acids is 3. The molecule has 3 rings (SSSR count). The number of ether oxygens (including phenoxy) is 1. The number of piperidine rings is 1. The molecule has 2 fully saturated rings. The number of anilines is 1. The molecule has 1 aliphatic carbocycles. The van der Waals surface area contributed by atoms with Gasteiger partial charge in [0.05, 0.1) is 12.7 Å². The van der Waals surface area contributed by atoms with Gasteiger partial charge >= 0.3 is 12.0 Å². The van der Waals surface area contributed by atoms with Gasteiger partial charge < -0.3 is 20.3 Å². The van der Waals surface area contributed by atoms with Gasteiger partial charge in [0, 0.05) is 30.7 Å². The predicted octanol–water partition coefficient (Wildman–Crippen LogP) is 3.17. The zero-order chi connectivity index (χ0) is 19.9. The van der Waals surface area contributed by atoms with Crippen molar-refractivity contribution in [2.24, 2.45) is 5.92 Å². The molecule has 2 aliphatic rings. The van der Waals surface area contributed by atoms with Crippen LogP contribution in [0.1, 0.15) is 55.3 Å². The fourth-order valence-electron chi connectivity index (χ4n) is 3.94. The molecule has 0 atom stereocenters. The van der Waals surface area contributed by atoms with Crippen LogP contribution in [0.3, 0.4) is 0 Å². The molecule has 1 aromatic rings. The summed E-state index contributed by atoms with van der Waals surface area (Å²) >= 11 is 0. The van der Waals surface area contributed by atoms with Crippen LogP contribution in [0.5, 0.6) is 0 Å². The lowest BCUT2D eigenvalue weighted by Crippen LogP contribution is -2.49. The number of hydrogen-bond acceptors (Lipinski definition) is 4. The standard InChI is InChI=1S/C21H29N3O4/c1-28-20(26)16-6-5-9-18(14-16)22-19(25)15-10-12-24(13-11-15)21(27)23-17-7-3-2-4-8-17/h5-6,9,14-15,17H,2-4,7-8,10-13H2,1H3,(H,22,25)(H,23,27). The monoisotopic (exact) mass is 387 g/mol. The molecule has 7 nitrogen and oxygen atoms in total. The van der Waals surface area contributed by atoms with Crippen LogP contribution in [0.2, 0.25) is 0 Å². The van der Waals surface area contributed by atoms with Crippen molar-refractivity contribution in [1.82, 2.24) is 10.2 Å². The van der Waals surface area contributed by atoms with Gasteiger partial charge in [-0.15, -0.1) is 0 Å². The highest BCUT2D eigenvalue weighted by molar-refractivity contribution is 5.95. The van der Waals surface area contributed by atoms with E-state index in [-0.39, 0.29) is 17.9 Å². The summed E-state index contributed by atoms with van der Waals surface area (Å²) in [6.07, 6.45) is 7.04. The maximum Gasteiger partial charge on any atom is 0.337 e. The minimum Gasteiger partial charge on any atom is -0.465 e. The van der Waals surface area contributed by atoms with Crippen LogP contribution in [0, 0.1) is 5.92 Å². The minimum absolute atomic E-state index is 0.00321. The summed E-state index contributed by atoms with van der Waals surface area (Å²) in [5, 5.41) is 6.01. The van der Waals surface area contributed by atoms with Gasteiger partial charge in [0.1, 0.15) is 0 Å². The zero-order valence-corrected chi connectivity index (χ0v) is 16.4. The van der Waals surface area contributed by atoms with Crippen molar-refractivity contribution in [3.63, 3.8) is 0 Å². The molecule has 0 unspecified atom stereocenters. The van der Waals surface area contributed by atoms with Crippen LogP contribution in [0.4, 0.5) is 10.5 Å². The largest absolute Gasteiger partial charge is 0.465 e. The number of benzene rings is 1. The van der Waals surface area contributed by atoms with Gasteiger partial charge in [0.25, 0.3) is 0 Å². The number of methoxy groups -OCH3 is 1. The van der Waals surface area contributed by atoms with E-state index in [2.05, 4.69) is 10.6 Å². The molecule has 1 saturated heterocycles. The van der Waals surface area contributed by atoms with Crippen molar-refractivity contribution in [1.29, 1.82) is 0 Å². The van der Waals surface area contributed by atoms with Gasteiger partial charge in [0.15, 0.2) is 0 Å². The van der Waals surface area contributed by atoms with Crippen molar-refractivity contribution in [2.75, 3.05) is 25.5 Å². The van der Waals surface area contributed by atoms with Crippen molar-refractivity contribution in [3.05, 3.63) is 29.8 Å². The van der Waals surface area contributed by atoms with Crippen LogP contribution in [0.25, 0.3) is 0 Å². The second kappa shape index (κ2) is 9.57. The number of likely N-dealkylation sites (tertiary alicyclic amines) is 1. The smallest absolute Gasteiger partial charge is 0.337 e. The van der Waals surface area contributed by atoms with Crippen molar-refractivity contribution < 1.29 is 19.1 Å². The lowest BCUT2D eigenvalue weighted by molar-refractivity contribution is -0.121. The Morgan fingerprint density at radius 1 is 1.04 bits per heavy atom. The van der Waals surface area contributed by atoms with Gasteiger partial charge in [0.2, 0.25) is 5.91 Å². The second-order valence-corrected chi connectivity index (χ2v) is 7.61. The van der Waals surface area contributed by atoms with E-state index < -0.39 is 5.97 Å². The van der Waals surface area contributed by atoms with E-state index in [9.17, 15) is 14.4 Å². The van der Waals surface area contributed by atoms with Gasteiger partial charge in [-0.25, -0.2) is 9.59 Å². The summed E-state index contributed by atoms with van der Waals surface area (Å²) in [7, 11) is 1.33. The van der Waals surface area contributed by atoms with Crippen LogP contribution in [0.15, 0.2) is 24.3 Å². The molecule has 7 heteroatoms. The average molecular weight is 387 g/mol. The molecule has 1 aromatic carbocycles. The summed E-state index contributed by atoms with van der Waals surface area (Å²) in [6, 6.07) is 7.00. The molecule has 1 aliphatic heterocycles. The Hall–Kier alpha value is -2.57. The van der Waals surface area contributed by atoms with E-state index in [1.165, 1.54) is 26.4 Å². The predicted molar refractivity (Wildman–Crippen MR) is 106 cm³/mol. The Morgan fingerprint density at radius 3 is 2.43 bits per heavy atom. The van der Waals surface area contributed by atoms with Crippen LogP contribution < -0.4 is 10.6 Å². The number of rotatable bonds is 4. The zero-order valence-electron chi connectivity index (χ0n) is 16.4. The molecular weight excluding hydrogens is 358 g/mol. The number of urea groups is 1. The molecule has 1 saturated carbocycles. The van der Waals surface area contributed by atoms with Gasteiger partial charge in [-0.1, -0.05) is 25.3 Å². The molecule has 0 spiro atoms. The molecule has 0 radical (unpaired) electrons. The molecule has 1 heterocycles. The third-order valence-electron chi connectivity index (χ3n) is 5.64. The van der Waals surface area contributed by atoms with E-state index >= 15 is 0 Å². The normalized spacial score (nSPS) is 18.4. The highest BCUT2D eigenvalue weighted by Gasteiger charge is 2.28. The Bertz CT molecular complexity index is 707. The Morgan fingerprint density at radius 2 is 1.75 bits per heavy atom. The van der Waals surface area contributed by atoms with Crippen molar-refractivity contribution in [3.8, 4) is 0 Å². The van der Waals surface area contributed by atoms with E-state index in [1.54, 1.807) is 24.3 Å². The number of amides is 3. The van der Waals surface area contributed by atoms with E-state index in [1.807, 2.05) is 4.90 Å². The Labute approximate surface area is 165 Å². The van der Waals surface area contributed by atoms with Crippen molar-refractivity contribution in [2.45, 2.75) is 51.0 Å². The molecule has 0 bridgehead atoms. The van der Waals surface area contributed by atoms with Gasteiger partial charge in [-0.2, -0.15) is 0 Å². The fourth-order valence-corrected chi connectivity index (χ4v) is 3.94. The fraction of sp³-hybridized carbons (Fsp3) is 0.571. The van der Waals surface area contributed by atoms with Crippen LogP contribution in [-0.4, -0.2) is 49.0 Å². The number of esters is 1. The molecule has 152 valence electrons. The second-order valence-electron chi connectivity index (χ2n) is 7.61. The first-order valence-corrected chi connectivity index (χ1v) is 10.1.